The third-order valence-corrected chi connectivity index (χ3v) is 4.11. The van der Waals surface area contributed by atoms with Crippen LogP contribution >= 0.6 is 22.9 Å². The van der Waals surface area contributed by atoms with Gasteiger partial charge in [0.25, 0.3) is 0 Å². The molecule has 22 heavy (non-hydrogen) atoms. The molecule has 2 aromatic heterocycles. The predicted molar refractivity (Wildman–Crippen MR) is 91.2 cm³/mol. The van der Waals surface area contributed by atoms with Crippen molar-refractivity contribution >= 4 is 34.7 Å². The van der Waals surface area contributed by atoms with Gasteiger partial charge in [-0.05, 0) is 0 Å². The number of nitrogen functional groups attached to an aromatic ring is 1. The maximum absolute atomic E-state index is 5.84. The second-order valence-corrected chi connectivity index (χ2v) is 5.87. The van der Waals surface area contributed by atoms with Crippen molar-refractivity contribution in [1.82, 2.24) is 15.0 Å². The fourth-order valence-corrected chi connectivity index (χ4v) is 3.03. The summed E-state index contributed by atoms with van der Waals surface area (Å²) in [5, 5.41) is 6.61. The van der Waals surface area contributed by atoms with E-state index in [1.54, 1.807) is 17.4 Å². The smallest absolute Gasteiger partial charge is 0.223 e. The fourth-order valence-electron chi connectivity index (χ4n) is 1.98. The van der Waals surface area contributed by atoms with Crippen LogP contribution in [-0.4, -0.2) is 21.5 Å². The zero-order valence-corrected chi connectivity index (χ0v) is 13.2. The lowest BCUT2D eigenvalue weighted by Crippen LogP contribution is -2.08. The lowest BCUT2D eigenvalue weighted by atomic mass is 10.2. The Bertz CT molecular complexity index is 739. The highest BCUT2D eigenvalue weighted by atomic mass is 35.5. The van der Waals surface area contributed by atoms with Crippen molar-refractivity contribution in [3.05, 3.63) is 52.6 Å². The van der Waals surface area contributed by atoms with Crippen LogP contribution < -0.4 is 11.1 Å². The first kappa shape index (κ1) is 14.7. The first-order valence-corrected chi connectivity index (χ1v) is 8.00. The summed E-state index contributed by atoms with van der Waals surface area (Å²) < 4.78 is 0. The summed E-state index contributed by atoms with van der Waals surface area (Å²) in [5.41, 5.74) is 7.74. The molecule has 0 atom stereocenters. The summed E-state index contributed by atoms with van der Waals surface area (Å²) in [4.78, 5) is 12.5. The molecule has 0 aliphatic rings. The van der Waals surface area contributed by atoms with Gasteiger partial charge in [-0.1, -0.05) is 41.9 Å². The number of anilines is 2. The first-order chi connectivity index (χ1) is 10.7. The zero-order valence-electron chi connectivity index (χ0n) is 11.7. The van der Waals surface area contributed by atoms with E-state index in [0.717, 1.165) is 22.7 Å². The van der Waals surface area contributed by atoms with E-state index in [-0.39, 0.29) is 5.95 Å². The molecule has 0 saturated carbocycles. The Balaban J connectivity index is 1.59. The van der Waals surface area contributed by atoms with Crippen molar-refractivity contribution < 1.29 is 0 Å². The van der Waals surface area contributed by atoms with Gasteiger partial charge in [0, 0.05) is 30.0 Å². The van der Waals surface area contributed by atoms with Gasteiger partial charge < -0.3 is 11.1 Å². The molecule has 3 aromatic rings. The number of thiazole rings is 1. The maximum Gasteiger partial charge on any atom is 0.223 e. The van der Waals surface area contributed by atoms with Crippen molar-refractivity contribution in [1.29, 1.82) is 0 Å². The van der Waals surface area contributed by atoms with Crippen LogP contribution in [0.2, 0.25) is 5.15 Å². The monoisotopic (exact) mass is 331 g/mol. The number of hydrogen-bond acceptors (Lipinski definition) is 6. The summed E-state index contributed by atoms with van der Waals surface area (Å²) in [6, 6.07) is 11.8. The number of nitrogens with one attached hydrogen (secondary N) is 1. The standard InChI is InChI=1S/C15H14ClN5S/c16-12-8-13(21-15(17)20-12)18-7-6-11-9-22-14(19-11)10-4-2-1-3-5-10/h1-5,8-9H,6-7H2,(H3,17,18,20,21). The normalized spacial score (nSPS) is 10.6. The van der Waals surface area contributed by atoms with E-state index in [0.29, 0.717) is 17.5 Å². The van der Waals surface area contributed by atoms with Crippen LogP contribution in [0.15, 0.2) is 41.8 Å². The molecular weight excluding hydrogens is 318 g/mol. The molecule has 7 heteroatoms. The van der Waals surface area contributed by atoms with Crippen LogP contribution in [0.1, 0.15) is 5.69 Å². The molecule has 0 saturated heterocycles. The van der Waals surface area contributed by atoms with Gasteiger partial charge in [-0.25, -0.2) is 9.97 Å². The number of hydrogen-bond donors (Lipinski definition) is 2. The molecule has 0 radical (unpaired) electrons. The first-order valence-electron chi connectivity index (χ1n) is 6.74. The number of halogens is 1. The number of aromatic nitrogens is 3. The molecule has 0 aliphatic carbocycles. The minimum absolute atomic E-state index is 0.162. The lowest BCUT2D eigenvalue weighted by molar-refractivity contribution is 0.967. The summed E-state index contributed by atoms with van der Waals surface area (Å²) in [7, 11) is 0. The van der Waals surface area contributed by atoms with Crippen LogP contribution in [0.5, 0.6) is 0 Å². The molecule has 112 valence electrons. The Hall–Kier alpha value is -2.18. The molecule has 5 nitrogen and oxygen atoms in total. The van der Waals surface area contributed by atoms with Crippen molar-refractivity contribution in [3.8, 4) is 10.6 Å². The van der Waals surface area contributed by atoms with Gasteiger partial charge >= 0.3 is 0 Å². The minimum Gasteiger partial charge on any atom is -0.369 e. The molecule has 3 rings (SSSR count). The van der Waals surface area contributed by atoms with Crippen LogP contribution in [-0.2, 0) is 6.42 Å². The molecule has 0 bridgehead atoms. The Morgan fingerprint density at radius 1 is 1.14 bits per heavy atom. The zero-order chi connectivity index (χ0) is 15.4. The Morgan fingerprint density at radius 2 is 1.95 bits per heavy atom. The Morgan fingerprint density at radius 3 is 2.73 bits per heavy atom. The summed E-state index contributed by atoms with van der Waals surface area (Å²) in [6.45, 7) is 0.699. The molecule has 0 aliphatic heterocycles. The maximum atomic E-state index is 5.84. The Kier molecular flexibility index (Phi) is 4.50. The topological polar surface area (TPSA) is 76.7 Å². The van der Waals surface area contributed by atoms with E-state index in [1.807, 2.05) is 18.2 Å². The summed E-state index contributed by atoms with van der Waals surface area (Å²) in [5.74, 6) is 0.783. The van der Waals surface area contributed by atoms with Gasteiger partial charge in [-0.3, -0.25) is 0 Å². The van der Waals surface area contributed by atoms with Crippen LogP contribution in [0.25, 0.3) is 10.6 Å². The predicted octanol–water partition coefficient (Wildman–Crippen LogP) is 3.49. The third kappa shape index (κ3) is 3.72. The van der Waals surface area contributed by atoms with Crippen LogP contribution in [0.3, 0.4) is 0 Å². The van der Waals surface area contributed by atoms with Crippen LogP contribution in [0.4, 0.5) is 11.8 Å². The van der Waals surface area contributed by atoms with Crippen molar-refractivity contribution in [3.63, 3.8) is 0 Å². The van der Waals surface area contributed by atoms with Gasteiger partial charge in [0.1, 0.15) is 16.0 Å². The van der Waals surface area contributed by atoms with Crippen molar-refractivity contribution in [2.75, 3.05) is 17.6 Å². The molecular formula is C15H14ClN5S. The highest BCUT2D eigenvalue weighted by Crippen LogP contribution is 2.23. The SMILES string of the molecule is Nc1nc(Cl)cc(NCCc2csc(-c3ccccc3)n2)n1. The second-order valence-electron chi connectivity index (χ2n) is 4.62. The lowest BCUT2D eigenvalue weighted by Gasteiger charge is -2.05. The summed E-state index contributed by atoms with van der Waals surface area (Å²) >= 11 is 7.48. The average Bonchev–Trinajstić information content (AvgIpc) is 2.96. The fraction of sp³-hybridized carbons (Fsp3) is 0.133. The molecule has 0 unspecified atom stereocenters. The quantitative estimate of drug-likeness (QED) is 0.700. The highest BCUT2D eigenvalue weighted by Gasteiger charge is 2.05. The van der Waals surface area contributed by atoms with E-state index in [1.165, 1.54) is 0 Å². The largest absolute Gasteiger partial charge is 0.369 e. The highest BCUT2D eigenvalue weighted by molar-refractivity contribution is 7.13. The molecule has 0 fully saturated rings. The van der Waals surface area contributed by atoms with E-state index >= 15 is 0 Å². The Labute approximate surface area is 137 Å². The van der Waals surface area contributed by atoms with Gasteiger partial charge in [0.05, 0.1) is 5.69 Å². The van der Waals surface area contributed by atoms with E-state index in [9.17, 15) is 0 Å². The minimum atomic E-state index is 0.162. The van der Waals surface area contributed by atoms with Crippen LogP contribution in [0, 0.1) is 0 Å². The summed E-state index contributed by atoms with van der Waals surface area (Å²) in [6.07, 6.45) is 0.796. The van der Waals surface area contributed by atoms with E-state index in [4.69, 9.17) is 17.3 Å². The molecule has 0 amide bonds. The third-order valence-electron chi connectivity index (χ3n) is 2.97. The molecule has 3 N–H and O–H groups in total. The number of rotatable bonds is 5. The number of nitrogens with zero attached hydrogens (tertiary/aromatic N) is 3. The number of nitrogens with two attached hydrogens (primary N) is 1. The molecule has 1 aromatic carbocycles. The van der Waals surface area contributed by atoms with Crippen molar-refractivity contribution in [2.45, 2.75) is 6.42 Å². The second kappa shape index (κ2) is 6.72. The van der Waals surface area contributed by atoms with E-state index in [2.05, 4.69) is 37.8 Å². The van der Waals surface area contributed by atoms with Gasteiger partial charge in [-0.15, -0.1) is 11.3 Å². The van der Waals surface area contributed by atoms with Gasteiger partial charge in [0.2, 0.25) is 5.95 Å². The molecule has 2 heterocycles. The van der Waals surface area contributed by atoms with E-state index < -0.39 is 0 Å². The van der Waals surface area contributed by atoms with Crippen molar-refractivity contribution in [2.24, 2.45) is 0 Å². The van der Waals surface area contributed by atoms with Gasteiger partial charge in [-0.2, -0.15) is 4.98 Å². The molecule has 0 spiro atoms. The number of benzene rings is 1. The van der Waals surface area contributed by atoms with Gasteiger partial charge in [0.15, 0.2) is 0 Å². The average molecular weight is 332 g/mol.